The molecular formula is C25H22N4O5. The molecule has 0 fully saturated rings. The first-order valence-electron chi connectivity index (χ1n) is 10.6. The molecule has 4 aromatic rings. The molecule has 9 heteroatoms. The molecule has 0 radical (unpaired) electrons. The Morgan fingerprint density at radius 1 is 0.794 bits per heavy atom. The minimum Gasteiger partial charge on any atom is -0.483 e. The van der Waals surface area contributed by atoms with Gasteiger partial charge < -0.3 is 15.4 Å². The zero-order chi connectivity index (χ0) is 23.9. The van der Waals surface area contributed by atoms with Gasteiger partial charge in [0.05, 0.1) is 23.0 Å². The number of benzene rings is 3. The number of hydrogen-bond acceptors (Lipinski definition) is 5. The van der Waals surface area contributed by atoms with Gasteiger partial charge in [-0.05, 0) is 29.3 Å². The van der Waals surface area contributed by atoms with E-state index >= 15 is 0 Å². The average Bonchev–Trinajstić information content (AvgIpc) is 2.85. The number of aromatic nitrogens is 2. The fourth-order valence-corrected chi connectivity index (χ4v) is 3.51. The van der Waals surface area contributed by atoms with E-state index in [1.807, 2.05) is 48.5 Å². The lowest BCUT2D eigenvalue weighted by atomic mass is 10.0. The summed E-state index contributed by atoms with van der Waals surface area (Å²) in [6.07, 6.45) is 0.661. The monoisotopic (exact) mass is 458 g/mol. The van der Waals surface area contributed by atoms with Gasteiger partial charge in [0, 0.05) is 6.42 Å². The molecule has 0 aliphatic carbocycles. The number of fused-ring (bicyclic) bond motifs is 1. The van der Waals surface area contributed by atoms with Crippen LogP contribution in [-0.4, -0.2) is 35.2 Å². The third-order valence-electron chi connectivity index (χ3n) is 5.11. The van der Waals surface area contributed by atoms with E-state index in [4.69, 9.17) is 4.74 Å². The number of carbonyl (C=O) groups excluding carboxylic acids is 2. The van der Waals surface area contributed by atoms with Gasteiger partial charge in [-0.25, -0.2) is 0 Å². The SMILES string of the molecule is O=C(COc1ccccc1Cc1ccccc1)NCC(=O)Nc1cccc2c(=O)[nH][nH]c(=O)c12. The number of ether oxygens (including phenoxy) is 1. The van der Waals surface area contributed by atoms with Crippen molar-refractivity contribution in [2.75, 3.05) is 18.5 Å². The van der Waals surface area contributed by atoms with Crippen LogP contribution in [-0.2, 0) is 16.0 Å². The normalized spacial score (nSPS) is 10.6. The van der Waals surface area contributed by atoms with Crippen molar-refractivity contribution in [1.29, 1.82) is 0 Å². The number of hydrogen-bond donors (Lipinski definition) is 4. The van der Waals surface area contributed by atoms with Crippen molar-refractivity contribution in [3.63, 3.8) is 0 Å². The third-order valence-corrected chi connectivity index (χ3v) is 5.11. The van der Waals surface area contributed by atoms with Gasteiger partial charge >= 0.3 is 0 Å². The maximum atomic E-state index is 12.3. The second-order valence-electron chi connectivity index (χ2n) is 7.52. The van der Waals surface area contributed by atoms with Crippen LogP contribution >= 0.6 is 0 Å². The summed E-state index contributed by atoms with van der Waals surface area (Å²) in [6, 6.07) is 21.9. The van der Waals surface area contributed by atoms with E-state index in [9.17, 15) is 19.2 Å². The zero-order valence-electron chi connectivity index (χ0n) is 18.1. The van der Waals surface area contributed by atoms with Crippen LogP contribution in [0.2, 0.25) is 0 Å². The van der Waals surface area contributed by atoms with E-state index in [0.29, 0.717) is 12.2 Å². The fraction of sp³-hybridized carbons (Fsp3) is 0.120. The second kappa shape index (κ2) is 10.3. The highest BCUT2D eigenvalue weighted by Gasteiger charge is 2.13. The highest BCUT2D eigenvalue weighted by Crippen LogP contribution is 2.21. The molecule has 1 aromatic heterocycles. The predicted molar refractivity (Wildman–Crippen MR) is 128 cm³/mol. The Labute approximate surface area is 193 Å². The lowest BCUT2D eigenvalue weighted by molar-refractivity contribution is -0.125. The molecule has 172 valence electrons. The minimum atomic E-state index is -0.551. The highest BCUT2D eigenvalue weighted by molar-refractivity contribution is 6.02. The molecule has 9 nitrogen and oxygen atoms in total. The number of rotatable bonds is 8. The van der Waals surface area contributed by atoms with Gasteiger partial charge in [-0.1, -0.05) is 54.6 Å². The van der Waals surface area contributed by atoms with Crippen LogP contribution < -0.4 is 26.5 Å². The van der Waals surface area contributed by atoms with Crippen molar-refractivity contribution >= 4 is 28.3 Å². The first-order chi connectivity index (χ1) is 16.5. The van der Waals surface area contributed by atoms with E-state index in [1.165, 1.54) is 12.1 Å². The molecule has 2 amide bonds. The summed E-state index contributed by atoms with van der Waals surface area (Å²) in [5.41, 5.74) is 1.21. The fourth-order valence-electron chi connectivity index (χ4n) is 3.51. The standard InChI is InChI=1S/C25H22N4O5/c30-21(27-19-11-6-10-18-23(19)25(33)29-28-24(18)32)14-26-22(31)15-34-20-12-5-4-9-17(20)13-16-7-2-1-3-8-16/h1-12H,13-15H2,(H,26,31)(H,27,30)(H,28,32)(H,29,33). The molecule has 34 heavy (non-hydrogen) atoms. The maximum absolute atomic E-state index is 12.3. The topological polar surface area (TPSA) is 133 Å². The Bertz CT molecular complexity index is 1440. The van der Waals surface area contributed by atoms with Gasteiger partial charge in [-0.2, -0.15) is 0 Å². The Kier molecular flexibility index (Phi) is 6.83. The Morgan fingerprint density at radius 2 is 1.53 bits per heavy atom. The molecular weight excluding hydrogens is 436 g/mol. The molecule has 0 aliphatic heterocycles. The number of carbonyl (C=O) groups is 2. The lowest BCUT2D eigenvalue weighted by Gasteiger charge is -2.12. The molecule has 0 saturated heterocycles. The van der Waals surface area contributed by atoms with Crippen molar-refractivity contribution in [1.82, 2.24) is 15.5 Å². The van der Waals surface area contributed by atoms with Crippen LogP contribution in [0.25, 0.3) is 10.8 Å². The van der Waals surface area contributed by atoms with Crippen molar-refractivity contribution in [3.05, 3.63) is 105 Å². The van der Waals surface area contributed by atoms with E-state index in [2.05, 4.69) is 20.8 Å². The Balaban J connectivity index is 1.33. The highest BCUT2D eigenvalue weighted by atomic mass is 16.5. The van der Waals surface area contributed by atoms with Crippen molar-refractivity contribution in [3.8, 4) is 5.75 Å². The lowest BCUT2D eigenvalue weighted by Crippen LogP contribution is -2.36. The molecule has 0 unspecified atom stereocenters. The van der Waals surface area contributed by atoms with Gasteiger partial charge in [0.1, 0.15) is 5.75 Å². The van der Waals surface area contributed by atoms with Crippen LogP contribution in [0.4, 0.5) is 5.69 Å². The van der Waals surface area contributed by atoms with E-state index in [1.54, 1.807) is 12.1 Å². The van der Waals surface area contributed by atoms with E-state index in [0.717, 1.165) is 11.1 Å². The molecule has 0 aliphatic rings. The van der Waals surface area contributed by atoms with Crippen molar-refractivity contribution in [2.24, 2.45) is 0 Å². The van der Waals surface area contributed by atoms with Gasteiger partial charge in [-0.3, -0.25) is 29.4 Å². The second-order valence-corrected chi connectivity index (χ2v) is 7.52. The summed E-state index contributed by atoms with van der Waals surface area (Å²) in [5, 5.41) is 9.70. The quantitative estimate of drug-likeness (QED) is 0.320. The van der Waals surface area contributed by atoms with E-state index in [-0.39, 0.29) is 29.6 Å². The first-order valence-corrected chi connectivity index (χ1v) is 10.6. The van der Waals surface area contributed by atoms with Crippen LogP contribution in [0.1, 0.15) is 11.1 Å². The number of H-pyrrole nitrogens is 2. The largest absolute Gasteiger partial charge is 0.483 e. The summed E-state index contributed by atoms with van der Waals surface area (Å²) >= 11 is 0. The number of amides is 2. The number of para-hydroxylation sites is 1. The van der Waals surface area contributed by atoms with Gasteiger partial charge in [-0.15, -0.1) is 0 Å². The number of anilines is 1. The average molecular weight is 458 g/mol. The molecule has 1 heterocycles. The summed E-state index contributed by atoms with van der Waals surface area (Å²) in [5.74, 6) is -0.437. The first kappa shape index (κ1) is 22.5. The number of aromatic amines is 2. The van der Waals surface area contributed by atoms with Crippen molar-refractivity contribution in [2.45, 2.75) is 6.42 Å². The maximum Gasteiger partial charge on any atom is 0.272 e. The van der Waals surface area contributed by atoms with E-state index < -0.39 is 22.9 Å². The molecule has 4 rings (SSSR count). The summed E-state index contributed by atoms with van der Waals surface area (Å²) in [6.45, 7) is -0.590. The van der Waals surface area contributed by atoms with Gasteiger partial charge in [0.2, 0.25) is 5.91 Å². The smallest absolute Gasteiger partial charge is 0.272 e. The van der Waals surface area contributed by atoms with Crippen LogP contribution in [0.15, 0.2) is 82.4 Å². The summed E-state index contributed by atoms with van der Waals surface area (Å²) in [7, 11) is 0. The summed E-state index contributed by atoms with van der Waals surface area (Å²) < 4.78 is 5.68. The molecule has 0 bridgehead atoms. The predicted octanol–water partition coefficient (Wildman–Crippen LogP) is 1.94. The third kappa shape index (κ3) is 5.39. The molecule has 0 atom stereocenters. The van der Waals surface area contributed by atoms with Crippen molar-refractivity contribution < 1.29 is 14.3 Å². The van der Waals surface area contributed by atoms with Crippen LogP contribution in [0, 0.1) is 0 Å². The molecule has 4 N–H and O–H groups in total. The van der Waals surface area contributed by atoms with Gasteiger partial charge in [0.15, 0.2) is 6.61 Å². The Hall–Kier alpha value is -4.66. The zero-order valence-corrected chi connectivity index (χ0v) is 18.1. The minimum absolute atomic E-state index is 0.0595. The van der Waals surface area contributed by atoms with Gasteiger partial charge in [0.25, 0.3) is 17.0 Å². The molecule has 3 aromatic carbocycles. The molecule has 0 saturated carbocycles. The van der Waals surface area contributed by atoms with Crippen LogP contribution in [0.3, 0.4) is 0 Å². The van der Waals surface area contributed by atoms with Crippen LogP contribution in [0.5, 0.6) is 5.75 Å². The molecule has 0 spiro atoms. The number of nitrogens with one attached hydrogen (secondary N) is 4. The Morgan fingerprint density at radius 3 is 2.35 bits per heavy atom. The summed E-state index contributed by atoms with van der Waals surface area (Å²) in [4.78, 5) is 48.5.